The minimum Gasteiger partial charge on any atom is -0.330 e. The van der Waals surface area contributed by atoms with Crippen molar-refractivity contribution in [3.05, 3.63) is 144 Å². The molecule has 0 aromatic heterocycles. The van der Waals surface area contributed by atoms with Crippen molar-refractivity contribution >= 4 is 0 Å². The third-order valence-corrected chi connectivity index (χ3v) is 6.32. The maximum Gasteiger partial charge on any atom is 0.138 e. The summed E-state index contributed by atoms with van der Waals surface area (Å²) in [5, 5.41) is 0. The van der Waals surface area contributed by atoms with Crippen molar-refractivity contribution < 1.29 is 4.39 Å². The lowest BCUT2D eigenvalue weighted by molar-refractivity contribution is 0.633. The zero-order valence-electron chi connectivity index (χ0n) is 18.9. The monoisotopic (exact) mass is 443 g/mol. The molecule has 0 radical (unpaired) electrons. The second-order valence-electron chi connectivity index (χ2n) is 8.44. The molecule has 1 unspecified atom stereocenters. The predicted molar refractivity (Wildman–Crippen MR) is 140 cm³/mol. The minimum absolute atomic E-state index is 0.0460. The van der Waals surface area contributed by atoms with Gasteiger partial charge in [-0.2, -0.15) is 0 Å². The Morgan fingerprint density at radius 2 is 0.912 bits per heavy atom. The normalized spacial score (nSPS) is 11.8. The van der Waals surface area contributed by atoms with Gasteiger partial charge in [-0.1, -0.05) is 115 Å². The fraction of sp³-hybridized carbons (Fsp3) is 0.0625. The Hall–Kier alpha value is -4.01. The van der Waals surface area contributed by atoms with Crippen LogP contribution in [-0.2, 0) is 0 Å². The molecule has 0 heterocycles. The summed E-state index contributed by atoms with van der Waals surface area (Å²) in [4.78, 5) is 0. The Bertz CT molecular complexity index is 1300. The molecule has 0 saturated carbocycles. The number of benzene rings is 5. The summed E-state index contributed by atoms with van der Waals surface area (Å²) in [6, 6.07) is 42.2. The molecule has 5 aromatic carbocycles. The lowest BCUT2D eigenvalue weighted by Crippen LogP contribution is -2.14. The van der Waals surface area contributed by atoms with Gasteiger partial charge in [0.05, 0.1) is 0 Å². The van der Waals surface area contributed by atoms with E-state index in [9.17, 15) is 0 Å². The van der Waals surface area contributed by atoms with E-state index < -0.39 is 0 Å². The summed E-state index contributed by atoms with van der Waals surface area (Å²) in [5.41, 5.74) is 13.7. The van der Waals surface area contributed by atoms with E-state index in [1.807, 2.05) is 91.0 Å². The Morgan fingerprint density at radius 1 is 0.500 bits per heavy atom. The molecule has 34 heavy (non-hydrogen) atoms. The number of hydrogen-bond donors (Lipinski definition) is 1. The van der Waals surface area contributed by atoms with Crippen LogP contribution >= 0.6 is 0 Å². The van der Waals surface area contributed by atoms with Crippen molar-refractivity contribution in [1.82, 2.24) is 0 Å². The molecule has 5 aromatic rings. The van der Waals surface area contributed by atoms with Gasteiger partial charge >= 0.3 is 0 Å². The Morgan fingerprint density at radius 3 is 1.35 bits per heavy atom. The molecule has 0 aliphatic heterocycles. The quantitative estimate of drug-likeness (QED) is 0.283. The van der Waals surface area contributed by atoms with Gasteiger partial charge in [-0.3, -0.25) is 0 Å². The molecule has 0 fully saturated rings. The Labute approximate surface area is 200 Å². The van der Waals surface area contributed by atoms with Crippen molar-refractivity contribution in [2.75, 3.05) is 6.54 Å². The first-order valence-corrected chi connectivity index (χ1v) is 11.5. The highest BCUT2D eigenvalue weighted by Crippen LogP contribution is 2.36. The summed E-state index contributed by atoms with van der Waals surface area (Å²) in [7, 11) is 0. The topological polar surface area (TPSA) is 26.0 Å². The number of rotatable bonds is 6. The number of nitrogens with two attached hydrogens (primary N) is 1. The van der Waals surface area contributed by atoms with Gasteiger partial charge in [0.15, 0.2) is 0 Å². The summed E-state index contributed by atoms with van der Waals surface area (Å²) in [5.74, 6) is -0.258. The van der Waals surface area contributed by atoms with Crippen molar-refractivity contribution in [1.29, 1.82) is 0 Å². The van der Waals surface area contributed by atoms with Gasteiger partial charge in [-0.05, 0) is 45.5 Å². The fourth-order valence-corrected chi connectivity index (χ4v) is 4.51. The number of hydrogen-bond acceptors (Lipinski definition) is 1. The Balaban J connectivity index is 1.61. The summed E-state index contributed by atoms with van der Waals surface area (Å²) in [6.07, 6.45) is 0. The number of halogens is 1. The van der Waals surface area contributed by atoms with Crippen LogP contribution in [0.25, 0.3) is 33.4 Å². The molecule has 0 aliphatic rings. The van der Waals surface area contributed by atoms with E-state index in [2.05, 4.69) is 36.4 Å². The van der Waals surface area contributed by atoms with Crippen LogP contribution in [0.5, 0.6) is 0 Å². The van der Waals surface area contributed by atoms with Crippen LogP contribution in [-0.4, -0.2) is 6.54 Å². The van der Waals surface area contributed by atoms with E-state index in [4.69, 9.17) is 5.73 Å². The highest BCUT2D eigenvalue weighted by atomic mass is 19.1. The van der Waals surface area contributed by atoms with Crippen LogP contribution in [0.15, 0.2) is 127 Å². The standard InChI is InChI=1S/C32H26FN/c33-32-29(25-12-6-2-7-13-25)20-28(21-30(32)26-14-8-3-9-15-26)31(22-34)27-18-16-24(17-19-27)23-10-4-1-5-11-23/h1-21,31H,22,34H2. The Kier molecular flexibility index (Phi) is 6.33. The molecule has 0 saturated heterocycles. The molecule has 5 rings (SSSR count). The smallest absolute Gasteiger partial charge is 0.138 e. The largest absolute Gasteiger partial charge is 0.330 e. The van der Waals surface area contributed by atoms with Crippen LogP contribution in [0.2, 0.25) is 0 Å². The highest BCUT2D eigenvalue weighted by Gasteiger charge is 2.19. The average molecular weight is 444 g/mol. The van der Waals surface area contributed by atoms with Crippen LogP contribution in [0.4, 0.5) is 4.39 Å². The molecule has 2 N–H and O–H groups in total. The first-order valence-electron chi connectivity index (χ1n) is 11.5. The van der Waals surface area contributed by atoms with Gasteiger partial charge in [0.25, 0.3) is 0 Å². The van der Waals surface area contributed by atoms with Gasteiger partial charge in [0.2, 0.25) is 0 Å². The molecule has 0 spiro atoms. The first kappa shape index (κ1) is 21.8. The summed E-state index contributed by atoms with van der Waals surface area (Å²) >= 11 is 0. The van der Waals surface area contributed by atoms with Crippen LogP contribution < -0.4 is 5.73 Å². The van der Waals surface area contributed by atoms with E-state index in [1.165, 1.54) is 5.56 Å². The zero-order valence-corrected chi connectivity index (χ0v) is 18.9. The second-order valence-corrected chi connectivity index (χ2v) is 8.44. The molecule has 0 amide bonds. The first-order chi connectivity index (χ1) is 16.7. The molecule has 2 heteroatoms. The summed E-state index contributed by atoms with van der Waals surface area (Å²) < 4.78 is 15.8. The van der Waals surface area contributed by atoms with Crippen LogP contribution in [0.3, 0.4) is 0 Å². The van der Waals surface area contributed by atoms with Gasteiger partial charge < -0.3 is 5.73 Å². The fourth-order valence-electron chi connectivity index (χ4n) is 4.51. The summed E-state index contributed by atoms with van der Waals surface area (Å²) in [6.45, 7) is 0.429. The SMILES string of the molecule is NCC(c1ccc(-c2ccccc2)cc1)c1cc(-c2ccccc2)c(F)c(-c2ccccc2)c1. The van der Waals surface area contributed by atoms with E-state index in [0.29, 0.717) is 17.7 Å². The lowest BCUT2D eigenvalue weighted by atomic mass is 9.86. The van der Waals surface area contributed by atoms with Gasteiger partial charge in [0, 0.05) is 23.6 Å². The van der Waals surface area contributed by atoms with E-state index in [0.717, 1.165) is 27.8 Å². The third kappa shape index (κ3) is 4.41. The maximum absolute atomic E-state index is 15.8. The van der Waals surface area contributed by atoms with Crippen LogP contribution in [0.1, 0.15) is 17.0 Å². The molecule has 1 atom stereocenters. The van der Waals surface area contributed by atoms with Crippen molar-refractivity contribution in [2.45, 2.75) is 5.92 Å². The van der Waals surface area contributed by atoms with E-state index in [-0.39, 0.29) is 11.7 Å². The average Bonchev–Trinajstić information content (AvgIpc) is 2.92. The third-order valence-electron chi connectivity index (χ3n) is 6.32. The molecule has 1 nitrogen and oxygen atoms in total. The van der Waals surface area contributed by atoms with E-state index in [1.54, 1.807) is 0 Å². The molecular formula is C32H26FN. The molecule has 0 bridgehead atoms. The van der Waals surface area contributed by atoms with Crippen LogP contribution in [0, 0.1) is 5.82 Å². The second kappa shape index (κ2) is 9.86. The molecule has 0 aliphatic carbocycles. The molecule has 166 valence electrons. The van der Waals surface area contributed by atoms with Gasteiger partial charge in [0.1, 0.15) is 5.82 Å². The maximum atomic E-state index is 15.8. The minimum atomic E-state index is -0.212. The van der Waals surface area contributed by atoms with Crippen molar-refractivity contribution in [3.8, 4) is 33.4 Å². The van der Waals surface area contributed by atoms with E-state index >= 15 is 4.39 Å². The van der Waals surface area contributed by atoms with Crippen molar-refractivity contribution in [2.24, 2.45) is 5.73 Å². The predicted octanol–water partition coefficient (Wildman–Crippen LogP) is 7.92. The van der Waals surface area contributed by atoms with Crippen molar-refractivity contribution in [3.63, 3.8) is 0 Å². The molecular weight excluding hydrogens is 417 g/mol. The van der Waals surface area contributed by atoms with Gasteiger partial charge in [-0.15, -0.1) is 0 Å². The lowest BCUT2D eigenvalue weighted by Gasteiger charge is -2.20. The highest BCUT2D eigenvalue weighted by molar-refractivity contribution is 5.76. The zero-order chi connectivity index (χ0) is 23.3. The van der Waals surface area contributed by atoms with Gasteiger partial charge in [-0.25, -0.2) is 4.39 Å².